The van der Waals surface area contributed by atoms with E-state index in [1.165, 1.54) is 6.20 Å². The second kappa shape index (κ2) is 9.80. The molecule has 0 radical (unpaired) electrons. The molecule has 0 unspecified atom stereocenters. The Hall–Kier alpha value is -3.11. The molecular formula is C23H20ClF2N3O2. The van der Waals surface area contributed by atoms with Crippen LogP contribution in [0.3, 0.4) is 0 Å². The van der Waals surface area contributed by atoms with Gasteiger partial charge in [-0.2, -0.15) is 5.26 Å². The number of ketones is 1. The van der Waals surface area contributed by atoms with Crippen LogP contribution in [0.1, 0.15) is 47.2 Å². The van der Waals surface area contributed by atoms with Crippen LogP contribution >= 0.6 is 11.6 Å². The van der Waals surface area contributed by atoms with Crippen molar-refractivity contribution in [2.45, 2.75) is 37.6 Å². The Morgan fingerprint density at radius 1 is 1.23 bits per heavy atom. The predicted molar refractivity (Wildman–Crippen MR) is 113 cm³/mol. The summed E-state index contributed by atoms with van der Waals surface area (Å²) in [5.74, 6) is -3.94. The SMILES string of the molecule is N#C[C@@H]1CCC(F)(F)CN1C(=O)CCC(=O)c1ccncc1/C=C/c1ccc(Cl)cc1. The number of alkyl halides is 2. The second-order valence-corrected chi connectivity index (χ2v) is 7.77. The fourth-order valence-electron chi connectivity index (χ4n) is 3.39. The van der Waals surface area contributed by atoms with Crippen molar-refractivity contribution in [1.82, 2.24) is 9.88 Å². The van der Waals surface area contributed by atoms with E-state index in [0.717, 1.165) is 10.5 Å². The smallest absolute Gasteiger partial charge is 0.265 e. The number of carbonyl (C=O) groups excluding carboxylic acids is 2. The van der Waals surface area contributed by atoms with Crippen LogP contribution in [0.5, 0.6) is 0 Å². The lowest BCUT2D eigenvalue weighted by molar-refractivity contribution is -0.144. The number of carbonyl (C=O) groups is 2. The number of rotatable bonds is 6. The van der Waals surface area contributed by atoms with Crippen molar-refractivity contribution in [2.75, 3.05) is 6.54 Å². The highest BCUT2D eigenvalue weighted by atomic mass is 35.5. The van der Waals surface area contributed by atoms with Gasteiger partial charge in [0.25, 0.3) is 5.92 Å². The monoisotopic (exact) mass is 443 g/mol. The van der Waals surface area contributed by atoms with Crippen LogP contribution in [-0.4, -0.2) is 40.1 Å². The number of Topliss-reactive ketones (excluding diaryl/α,β-unsaturated/α-hetero) is 1. The fourth-order valence-corrected chi connectivity index (χ4v) is 3.52. The van der Waals surface area contributed by atoms with E-state index in [1.807, 2.05) is 24.3 Å². The third kappa shape index (κ3) is 5.96. The first kappa shape index (κ1) is 22.6. The van der Waals surface area contributed by atoms with Crippen molar-refractivity contribution in [3.8, 4) is 6.07 Å². The number of amides is 1. The molecule has 0 saturated carbocycles. The fraction of sp³-hybridized carbons (Fsp3) is 0.304. The Balaban J connectivity index is 1.67. The van der Waals surface area contributed by atoms with E-state index in [1.54, 1.807) is 30.5 Å². The summed E-state index contributed by atoms with van der Waals surface area (Å²) >= 11 is 5.88. The average molecular weight is 444 g/mol. The Morgan fingerprint density at radius 3 is 2.68 bits per heavy atom. The van der Waals surface area contributed by atoms with Crippen molar-refractivity contribution in [3.63, 3.8) is 0 Å². The molecule has 1 aliphatic heterocycles. The van der Waals surface area contributed by atoms with Crippen LogP contribution in [0, 0.1) is 11.3 Å². The molecule has 0 N–H and O–H groups in total. The highest BCUT2D eigenvalue weighted by Gasteiger charge is 2.42. The highest BCUT2D eigenvalue weighted by Crippen LogP contribution is 2.30. The van der Waals surface area contributed by atoms with Gasteiger partial charge in [-0.3, -0.25) is 14.6 Å². The number of piperidine rings is 1. The van der Waals surface area contributed by atoms with E-state index in [4.69, 9.17) is 16.9 Å². The third-order valence-electron chi connectivity index (χ3n) is 5.07. The van der Waals surface area contributed by atoms with Gasteiger partial charge >= 0.3 is 0 Å². The van der Waals surface area contributed by atoms with Crippen LogP contribution in [0.25, 0.3) is 12.2 Å². The average Bonchev–Trinajstić information content (AvgIpc) is 2.76. The quantitative estimate of drug-likeness (QED) is 0.587. The Kier molecular flexibility index (Phi) is 7.13. The third-order valence-corrected chi connectivity index (χ3v) is 5.33. The van der Waals surface area contributed by atoms with Gasteiger partial charge < -0.3 is 4.90 Å². The summed E-state index contributed by atoms with van der Waals surface area (Å²) in [5, 5.41) is 9.78. The number of hydrogen-bond acceptors (Lipinski definition) is 4. The van der Waals surface area contributed by atoms with Crippen LogP contribution in [-0.2, 0) is 4.79 Å². The van der Waals surface area contributed by atoms with Crippen LogP contribution in [0.2, 0.25) is 5.02 Å². The summed E-state index contributed by atoms with van der Waals surface area (Å²) in [6.45, 7) is -0.789. The summed E-state index contributed by atoms with van der Waals surface area (Å²) < 4.78 is 27.4. The van der Waals surface area contributed by atoms with E-state index >= 15 is 0 Å². The molecule has 0 bridgehead atoms. The molecular weight excluding hydrogens is 424 g/mol. The summed E-state index contributed by atoms with van der Waals surface area (Å²) in [7, 11) is 0. The summed E-state index contributed by atoms with van der Waals surface area (Å²) in [4.78, 5) is 30.1. The molecule has 1 fully saturated rings. The van der Waals surface area contributed by atoms with E-state index in [0.29, 0.717) is 16.1 Å². The van der Waals surface area contributed by atoms with E-state index in [-0.39, 0.29) is 25.0 Å². The zero-order valence-electron chi connectivity index (χ0n) is 16.6. The molecule has 0 spiro atoms. The molecule has 2 heterocycles. The normalized spacial score (nSPS) is 18.0. The highest BCUT2D eigenvalue weighted by molar-refractivity contribution is 6.30. The first-order chi connectivity index (χ1) is 14.8. The van der Waals surface area contributed by atoms with E-state index in [2.05, 4.69) is 4.98 Å². The number of nitrogens with zero attached hydrogens (tertiary/aromatic N) is 3. The summed E-state index contributed by atoms with van der Waals surface area (Å²) in [6.07, 6.45) is 5.68. The molecule has 0 aliphatic carbocycles. The molecule has 1 aromatic heterocycles. The Bertz CT molecular complexity index is 1030. The van der Waals surface area contributed by atoms with Crippen molar-refractivity contribution in [3.05, 3.63) is 64.4 Å². The Morgan fingerprint density at radius 2 is 1.97 bits per heavy atom. The van der Waals surface area contributed by atoms with Gasteiger partial charge in [-0.25, -0.2) is 8.78 Å². The number of aromatic nitrogens is 1. The zero-order chi connectivity index (χ0) is 22.4. The maximum atomic E-state index is 13.7. The molecule has 31 heavy (non-hydrogen) atoms. The number of benzene rings is 1. The molecule has 1 aliphatic rings. The lowest BCUT2D eigenvalue weighted by atomic mass is 9.98. The molecule has 1 atom stereocenters. The molecule has 5 nitrogen and oxygen atoms in total. The topological polar surface area (TPSA) is 74.1 Å². The van der Waals surface area contributed by atoms with Crippen molar-refractivity contribution in [2.24, 2.45) is 0 Å². The van der Waals surface area contributed by atoms with E-state index < -0.39 is 30.8 Å². The number of halogens is 3. The van der Waals surface area contributed by atoms with Gasteiger partial charge in [0.15, 0.2) is 5.78 Å². The first-order valence-electron chi connectivity index (χ1n) is 9.77. The minimum atomic E-state index is -3.02. The molecule has 1 amide bonds. The largest absolute Gasteiger partial charge is 0.321 e. The maximum absolute atomic E-state index is 13.7. The molecule has 3 rings (SSSR count). The van der Waals surface area contributed by atoms with Gasteiger partial charge in [0.05, 0.1) is 12.6 Å². The van der Waals surface area contributed by atoms with Gasteiger partial charge in [-0.05, 0) is 30.2 Å². The van der Waals surface area contributed by atoms with Crippen LogP contribution < -0.4 is 0 Å². The lowest BCUT2D eigenvalue weighted by Crippen LogP contribution is -2.51. The van der Waals surface area contributed by atoms with Crippen molar-refractivity contribution in [1.29, 1.82) is 5.26 Å². The number of pyridine rings is 1. The molecule has 1 aromatic carbocycles. The second-order valence-electron chi connectivity index (χ2n) is 7.33. The standard InChI is InChI=1S/C23H20ClF2N3O2/c24-18-5-2-16(3-6-18)1-4-17-14-28-12-10-20(17)21(30)7-8-22(31)29-15-23(25,26)11-9-19(29)13-27/h1-6,10,12,14,19H,7-9,11,15H2/b4-1+/t19-/m0/s1. The van der Waals surface area contributed by atoms with Gasteiger partial charge in [0, 0.05) is 47.8 Å². The van der Waals surface area contributed by atoms with Crippen molar-refractivity contribution >= 4 is 35.4 Å². The van der Waals surface area contributed by atoms with Crippen LogP contribution in [0.4, 0.5) is 8.78 Å². The summed E-state index contributed by atoms with van der Waals surface area (Å²) in [6, 6.07) is 9.73. The lowest BCUT2D eigenvalue weighted by Gasteiger charge is -2.36. The minimum absolute atomic E-state index is 0.0762. The zero-order valence-corrected chi connectivity index (χ0v) is 17.4. The van der Waals surface area contributed by atoms with Gasteiger partial charge in [-0.1, -0.05) is 35.9 Å². The van der Waals surface area contributed by atoms with Gasteiger partial charge in [0.2, 0.25) is 5.91 Å². The molecule has 8 heteroatoms. The maximum Gasteiger partial charge on any atom is 0.265 e. The van der Waals surface area contributed by atoms with Crippen molar-refractivity contribution < 1.29 is 18.4 Å². The number of hydrogen-bond donors (Lipinski definition) is 0. The van der Waals surface area contributed by atoms with E-state index in [9.17, 15) is 18.4 Å². The minimum Gasteiger partial charge on any atom is -0.321 e. The van der Waals surface area contributed by atoms with Crippen LogP contribution in [0.15, 0.2) is 42.7 Å². The van der Waals surface area contributed by atoms with Gasteiger partial charge in [0.1, 0.15) is 6.04 Å². The summed E-state index contributed by atoms with van der Waals surface area (Å²) in [5.41, 5.74) is 1.85. The number of likely N-dealkylation sites (tertiary alicyclic amines) is 1. The molecule has 1 saturated heterocycles. The first-order valence-corrected chi connectivity index (χ1v) is 10.1. The predicted octanol–water partition coefficient (Wildman–Crippen LogP) is 5.02. The van der Waals surface area contributed by atoms with Gasteiger partial charge in [-0.15, -0.1) is 0 Å². The molecule has 160 valence electrons. The molecule has 2 aromatic rings. The Labute approximate surface area is 184 Å². The number of nitriles is 1.